The molecule has 0 radical (unpaired) electrons. The summed E-state index contributed by atoms with van der Waals surface area (Å²) in [5.74, 6) is 0. The van der Waals surface area contributed by atoms with Gasteiger partial charge < -0.3 is 13.7 Å². The van der Waals surface area contributed by atoms with Crippen molar-refractivity contribution in [2.24, 2.45) is 0 Å². The lowest BCUT2D eigenvalue weighted by molar-refractivity contribution is 0.666. The van der Waals surface area contributed by atoms with Gasteiger partial charge in [-0.05, 0) is 69.8 Å². The van der Waals surface area contributed by atoms with Crippen molar-refractivity contribution >= 4 is 60.9 Å². The Labute approximate surface area is 300 Å². The predicted octanol–water partition coefficient (Wildman–Crippen LogP) is 13.3. The summed E-state index contributed by atoms with van der Waals surface area (Å²) in [5, 5.41) is 4.35. The van der Waals surface area contributed by atoms with Crippen molar-refractivity contribution in [1.82, 2.24) is 0 Å². The predicted molar refractivity (Wildman–Crippen MR) is 213 cm³/mol. The lowest BCUT2D eigenvalue weighted by Gasteiger charge is -2.34. The second-order valence-corrected chi connectivity index (χ2v) is 13.6. The third kappa shape index (κ3) is 3.96. The number of rotatable bonds is 5. The Kier molecular flexibility index (Phi) is 6.17. The molecule has 1 aliphatic rings. The average Bonchev–Trinajstić information content (AvgIpc) is 3.88. The van der Waals surface area contributed by atoms with Gasteiger partial charge in [0, 0.05) is 27.2 Å². The summed E-state index contributed by atoms with van der Waals surface area (Å²) < 4.78 is 13.4. The minimum atomic E-state index is -0.477. The Balaban J connectivity index is 1.23. The molecule has 0 spiro atoms. The first kappa shape index (κ1) is 28.9. The third-order valence-corrected chi connectivity index (χ3v) is 10.9. The molecule has 52 heavy (non-hydrogen) atoms. The maximum absolute atomic E-state index is 6.70. The second-order valence-electron chi connectivity index (χ2n) is 13.6. The topological polar surface area (TPSA) is 29.5 Å². The summed E-state index contributed by atoms with van der Waals surface area (Å²) in [6, 6.07) is 67.2. The number of hydrogen-bond donors (Lipinski definition) is 0. The summed E-state index contributed by atoms with van der Waals surface area (Å²) in [6.07, 6.45) is 0. The fraction of sp³-hybridized carbons (Fsp3) is 0.0204. The number of anilines is 3. The van der Waals surface area contributed by atoms with Crippen LogP contribution in [0.25, 0.3) is 55.0 Å². The fourth-order valence-corrected chi connectivity index (χ4v) is 8.80. The van der Waals surface area contributed by atoms with E-state index in [2.05, 4.69) is 169 Å². The van der Waals surface area contributed by atoms with Crippen LogP contribution in [0.1, 0.15) is 22.3 Å². The van der Waals surface area contributed by atoms with E-state index in [4.69, 9.17) is 8.83 Å². The number of para-hydroxylation sites is 4. The molecule has 0 amide bonds. The smallest absolute Gasteiger partial charge is 0.159 e. The molecule has 0 saturated carbocycles. The van der Waals surface area contributed by atoms with E-state index in [1.54, 1.807) is 0 Å². The molecule has 2 heterocycles. The molecule has 3 heteroatoms. The molecule has 0 N–H and O–H groups in total. The Hall–Kier alpha value is -6.84. The van der Waals surface area contributed by atoms with Gasteiger partial charge in [0.25, 0.3) is 0 Å². The summed E-state index contributed by atoms with van der Waals surface area (Å²) in [7, 11) is 0. The van der Waals surface area contributed by atoms with Crippen molar-refractivity contribution in [2.45, 2.75) is 5.41 Å². The first-order chi connectivity index (χ1) is 25.8. The van der Waals surface area contributed by atoms with Crippen molar-refractivity contribution in [3.63, 3.8) is 0 Å². The Morgan fingerprint density at radius 1 is 0.365 bits per heavy atom. The summed E-state index contributed by atoms with van der Waals surface area (Å²) in [6.45, 7) is 0. The number of benzene rings is 8. The van der Waals surface area contributed by atoms with E-state index >= 15 is 0 Å². The van der Waals surface area contributed by atoms with E-state index in [9.17, 15) is 0 Å². The molecule has 0 bridgehead atoms. The molecule has 244 valence electrons. The highest BCUT2D eigenvalue weighted by Crippen LogP contribution is 2.57. The zero-order valence-corrected chi connectivity index (χ0v) is 28.2. The van der Waals surface area contributed by atoms with Gasteiger partial charge >= 0.3 is 0 Å². The number of fused-ring (bicyclic) bond motifs is 9. The summed E-state index contributed by atoms with van der Waals surface area (Å²) >= 11 is 0. The van der Waals surface area contributed by atoms with Gasteiger partial charge in [0.2, 0.25) is 0 Å². The summed E-state index contributed by atoms with van der Waals surface area (Å²) in [5.41, 5.74) is 13.3. The molecule has 1 aliphatic carbocycles. The van der Waals surface area contributed by atoms with Crippen molar-refractivity contribution in [3.05, 3.63) is 210 Å². The Morgan fingerprint density at radius 3 is 1.44 bits per heavy atom. The van der Waals surface area contributed by atoms with Crippen LogP contribution in [0.3, 0.4) is 0 Å². The van der Waals surface area contributed by atoms with Gasteiger partial charge in [0.05, 0.1) is 16.8 Å². The molecular weight excluding hydrogens is 635 g/mol. The van der Waals surface area contributed by atoms with Crippen LogP contribution in [-0.2, 0) is 5.41 Å². The maximum Gasteiger partial charge on any atom is 0.159 e. The molecule has 3 nitrogen and oxygen atoms in total. The molecular formula is C49H31NO2. The molecule has 0 atom stereocenters. The van der Waals surface area contributed by atoms with E-state index in [-0.39, 0.29) is 0 Å². The highest BCUT2D eigenvalue weighted by Gasteiger charge is 2.46. The van der Waals surface area contributed by atoms with Gasteiger partial charge in [-0.3, -0.25) is 0 Å². The zero-order valence-electron chi connectivity index (χ0n) is 28.2. The van der Waals surface area contributed by atoms with Gasteiger partial charge in [0.15, 0.2) is 11.2 Å². The minimum Gasteiger partial charge on any atom is -0.454 e. The Morgan fingerprint density at radius 2 is 0.846 bits per heavy atom. The van der Waals surface area contributed by atoms with Crippen LogP contribution >= 0.6 is 0 Å². The van der Waals surface area contributed by atoms with Crippen LogP contribution in [0.5, 0.6) is 0 Å². The van der Waals surface area contributed by atoms with Gasteiger partial charge in [-0.25, -0.2) is 0 Å². The molecule has 2 aromatic heterocycles. The number of nitrogens with zero attached hydrogens (tertiary/aromatic N) is 1. The van der Waals surface area contributed by atoms with Crippen LogP contribution < -0.4 is 4.90 Å². The molecule has 8 aromatic carbocycles. The fourth-order valence-electron chi connectivity index (χ4n) is 8.80. The van der Waals surface area contributed by atoms with Crippen LogP contribution in [0.2, 0.25) is 0 Å². The van der Waals surface area contributed by atoms with Gasteiger partial charge in [0.1, 0.15) is 11.2 Å². The molecule has 0 aliphatic heterocycles. The van der Waals surface area contributed by atoms with E-state index in [0.29, 0.717) is 0 Å². The Bertz CT molecular complexity index is 2820. The lowest BCUT2D eigenvalue weighted by atomic mass is 9.68. The number of hydrogen-bond acceptors (Lipinski definition) is 3. The minimum absolute atomic E-state index is 0.477. The highest BCUT2D eigenvalue weighted by molar-refractivity contribution is 6.14. The van der Waals surface area contributed by atoms with Gasteiger partial charge in [-0.2, -0.15) is 0 Å². The SMILES string of the molecule is c1ccc(C2(c3ccccc3)c3ccccc3-c3cc(N(c4cccc5c4oc4ccccc45)c4cccc5c4oc4ccccc45)ccc32)cc1. The van der Waals surface area contributed by atoms with Crippen molar-refractivity contribution in [2.75, 3.05) is 4.90 Å². The van der Waals surface area contributed by atoms with Crippen LogP contribution in [0.4, 0.5) is 17.1 Å². The van der Waals surface area contributed by atoms with Crippen LogP contribution in [0, 0.1) is 0 Å². The molecule has 10 aromatic rings. The van der Waals surface area contributed by atoms with Gasteiger partial charge in [-0.15, -0.1) is 0 Å². The van der Waals surface area contributed by atoms with Crippen LogP contribution in [0.15, 0.2) is 197 Å². The largest absolute Gasteiger partial charge is 0.454 e. The highest BCUT2D eigenvalue weighted by atomic mass is 16.3. The first-order valence-electron chi connectivity index (χ1n) is 17.8. The molecule has 0 saturated heterocycles. The molecule has 0 unspecified atom stereocenters. The molecule has 0 fully saturated rings. The maximum atomic E-state index is 6.70. The van der Waals surface area contributed by atoms with Crippen molar-refractivity contribution in [1.29, 1.82) is 0 Å². The molecule has 11 rings (SSSR count). The van der Waals surface area contributed by atoms with Gasteiger partial charge in [-0.1, -0.05) is 152 Å². The van der Waals surface area contributed by atoms with E-state index in [1.807, 2.05) is 24.3 Å². The standard InChI is InChI=1S/C49H31NO2/c1-3-15-32(16-4-1)49(33-17-5-2-6-18-33)41-24-10-7-19-35(41)40-31-34(29-30-42(40)49)50(43-25-13-22-38-36-20-8-11-27-45(36)51-47(38)43)44-26-14-23-39-37-21-9-12-28-46(37)52-48(39)44/h1-31H. The third-order valence-electron chi connectivity index (χ3n) is 10.9. The zero-order chi connectivity index (χ0) is 34.2. The number of furan rings is 2. The van der Waals surface area contributed by atoms with E-state index in [0.717, 1.165) is 60.9 Å². The van der Waals surface area contributed by atoms with Crippen molar-refractivity contribution < 1.29 is 8.83 Å². The van der Waals surface area contributed by atoms with E-state index < -0.39 is 5.41 Å². The normalized spacial score (nSPS) is 13.2. The first-order valence-corrected chi connectivity index (χ1v) is 17.8. The van der Waals surface area contributed by atoms with Crippen molar-refractivity contribution in [3.8, 4) is 11.1 Å². The second kappa shape index (κ2) is 11.1. The summed E-state index contributed by atoms with van der Waals surface area (Å²) in [4.78, 5) is 2.32. The monoisotopic (exact) mass is 665 g/mol. The average molecular weight is 666 g/mol. The van der Waals surface area contributed by atoms with Crippen LogP contribution in [-0.4, -0.2) is 0 Å². The van der Waals surface area contributed by atoms with E-state index in [1.165, 1.54) is 33.4 Å². The lowest BCUT2D eigenvalue weighted by Crippen LogP contribution is -2.28. The quantitative estimate of drug-likeness (QED) is 0.183.